The molecule has 0 aromatic heterocycles. The number of hydrogen-bond donors (Lipinski definition) is 0. The second kappa shape index (κ2) is 3.92. The molecule has 2 fully saturated rings. The maximum absolute atomic E-state index is 5.81. The first-order valence-electron chi connectivity index (χ1n) is 5.03. The fourth-order valence-corrected chi connectivity index (χ4v) is 1.81. The molecule has 0 N–H and O–H groups in total. The minimum atomic E-state index is 0.452. The molecule has 2 saturated heterocycles. The topological polar surface area (TPSA) is 19.0 Å². The highest BCUT2D eigenvalue weighted by atomic mass is 16.7. The summed E-state index contributed by atoms with van der Waals surface area (Å²) in [6.07, 6.45) is 0.452. The van der Waals surface area contributed by atoms with E-state index in [1.807, 2.05) is 0 Å². The summed E-state index contributed by atoms with van der Waals surface area (Å²) in [6.45, 7) is 6.54. The van der Waals surface area contributed by atoms with Gasteiger partial charge in [-0.25, -0.2) is 0 Å². The van der Waals surface area contributed by atoms with E-state index in [4.69, 9.17) is 4.84 Å². The molecule has 0 aromatic carbocycles. The van der Waals surface area contributed by atoms with Gasteiger partial charge in [0.1, 0.15) is 6.10 Å². The molecule has 0 amide bonds. The molecule has 76 valence electrons. The Morgan fingerprint density at radius 2 is 1.54 bits per heavy atom. The van der Waals surface area contributed by atoms with Crippen molar-refractivity contribution in [1.29, 1.82) is 0 Å². The van der Waals surface area contributed by atoms with Gasteiger partial charge in [0.2, 0.25) is 0 Å². The predicted octanol–water partition coefficient (Wildman–Crippen LogP) is -0.521. The van der Waals surface area contributed by atoms with Crippen LogP contribution in [0.2, 0.25) is 0 Å². The summed E-state index contributed by atoms with van der Waals surface area (Å²) in [5, 5.41) is 2.12. The first-order chi connectivity index (χ1) is 6.24. The van der Waals surface area contributed by atoms with Crippen LogP contribution in [0.15, 0.2) is 0 Å². The van der Waals surface area contributed by atoms with E-state index in [1.165, 1.54) is 0 Å². The van der Waals surface area contributed by atoms with Gasteiger partial charge in [0, 0.05) is 39.3 Å². The van der Waals surface area contributed by atoms with Crippen molar-refractivity contribution < 1.29 is 4.84 Å². The fourth-order valence-electron chi connectivity index (χ4n) is 1.81. The Morgan fingerprint density at radius 3 is 2.08 bits per heavy atom. The molecule has 0 atom stereocenters. The molecule has 2 rings (SSSR count). The monoisotopic (exact) mass is 185 g/mol. The van der Waals surface area contributed by atoms with Gasteiger partial charge in [-0.3, -0.25) is 4.84 Å². The molecule has 4 nitrogen and oxygen atoms in total. The van der Waals surface area contributed by atoms with Crippen LogP contribution in [0.4, 0.5) is 0 Å². The SMILES string of the molecule is CN1CCN(OC2CN(C)C2)CC1. The van der Waals surface area contributed by atoms with Crippen molar-refractivity contribution in [1.82, 2.24) is 14.9 Å². The lowest BCUT2D eigenvalue weighted by Gasteiger charge is -2.40. The first kappa shape index (κ1) is 9.40. The standard InChI is InChI=1S/C9H19N3O/c1-10-3-5-12(6-4-10)13-9-7-11(2)8-9/h9H,3-8H2,1-2H3. The van der Waals surface area contributed by atoms with Crippen LogP contribution in [0, 0.1) is 0 Å². The normalized spacial score (nSPS) is 29.1. The van der Waals surface area contributed by atoms with Gasteiger partial charge in [-0.05, 0) is 14.1 Å². The molecular formula is C9H19N3O. The van der Waals surface area contributed by atoms with Crippen LogP contribution in [0.5, 0.6) is 0 Å². The van der Waals surface area contributed by atoms with Gasteiger partial charge in [0.15, 0.2) is 0 Å². The number of nitrogens with zero attached hydrogens (tertiary/aromatic N) is 3. The van der Waals surface area contributed by atoms with Gasteiger partial charge in [0.05, 0.1) is 0 Å². The van der Waals surface area contributed by atoms with E-state index in [2.05, 4.69) is 29.0 Å². The van der Waals surface area contributed by atoms with Gasteiger partial charge in [0.25, 0.3) is 0 Å². The molecule has 2 heterocycles. The third-order valence-corrected chi connectivity index (χ3v) is 2.79. The molecule has 0 unspecified atom stereocenters. The van der Waals surface area contributed by atoms with E-state index in [0.717, 1.165) is 39.3 Å². The minimum absolute atomic E-state index is 0.452. The van der Waals surface area contributed by atoms with Gasteiger partial charge in [-0.1, -0.05) is 0 Å². The van der Waals surface area contributed by atoms with Crippen molar-refractivity contribution in [3.05, 3.63) is 0 Å². The third kappa shape index (κ3) is 2.40. The highest BCUT2D eigenvalue weighted by Gasteiger charge is 2.27. The van der Waals surface area contributed by atoms with E-state index in [9.17, 15) is 0 Å². The van der Waals surface area contributed by atoms with Crippen LogP contribution >= 0.6 is 0 Å². The lowest BCUT2D eigenvalue weighted by molar-refractivity contribution is -0.237. The van der Waals surface area contributed by atoms with Gasteiger partial charge in [-0.2, -0.15) is 5.06 Å². The molecule has 0 saturated carbocycles. The molecule has 2 aliphatic heterocycles. The summed E-state index contributed by atoms with van der Waals surface area (Å²) in [5.74, 6) is 0. The van der Waals surface area contributed by atoms with Crippen LogP contribution < -0.4 is 0 Å². The van der Waals surface area contributed by atoms with Gasteiger partial charge in [-0.15, -0.1) is 0 Å². The average Bonchev–Trinajstić information content (AvgIpc) is 2.06. The lowest BCUT2D eigenvalue weighted by atomic mass is 10.2. The number of hydroxylamine groups is 2. The van der Waals surface area contributed by atoms with E-state index < -0.39 is 0 Å². The molecule has 4 heteroatoms. The molecule has 0 aromatic rings. The summed E-state index contributed by atoms with van der Waals surface area (Å²) in [4.78, 5) is 10.4. The van der Waals surface area contributed by atoms with E-state index in [0.29, 0.717) is 6.10 Å². The van der Waals surface area contributed by atoms with E-state index >= 15 is 0 Å². The van der Waals surface area contributed by atoms with Gasteiger partial charge >= 0.3 is 0 Å². The van der Waals surface area contributed by atoms with Crippen LogP contribution in [0.1, 0.15) is 0 Å². The second-order valence-corrected chi connectivity index (χ2v) is 4.18. The summed E-state index contributed by atoms with van der Waals surface area (Å²) in [6, 6.07) is 0. The number of likely N-dealkylation sites (N-methyl/N-ethyl adjacent to an activating group) is 2. The number of rotatable bonds is 2. The Kier molecular flexibility index (Phi) is 2.83. The summed E-state index contributed by atoms with van der Waals surface area (Å²) >= 11 is 0. The van der Waals surface area contributed by atoms with Crippen molar-refractivity contribution in [3.63, 3.8) is 0 Å². The molecule has 0 aliphatic carbocycles. The van der Waals surface area contributed by atoms with Crippen molar-refractivity contribution in [3.8, 4) is 0 Å². The average molecular weight is 185 g/mol. The van der Waals surface area contributed by atoms with E-state index in [-0.39, 0.29) is 0 Å². The zero-order valence-corrected chi connectivity index (χ0v) is 8.57. The maximum Gasteiger partial charge on any atom is 0.105 e. The van der Waals surface area contributed by atoms with Crippen molar-refractivity contribution in [2.45, 2.75) is 6.10 Å². The third-order valence-electron chi connectivity index (χ3n) is 2.79. The molecule has 2 aliphatic rings. The number of likely N-dealkylation sites (tertiary alicyclic amines) is 1. The molecule has 0 bridgehead atoms. The second-order valence-electron chi connectivity index (χ2n) is 4.18. The lowest BCUT2D eigenvalue weighted by Crippen LogP contribution is -2.54. The van der Waals surface area contributed by atoms with Crippen LogP contribution in [-0.2, 0) is 4.84 Å². The zero-order chi connectivity index (χ0) is 9.26. The zero-order valence-electron chi connectivity index (χ0n) is 8.57. The molecular weight excluding hydrogens is 166 g/mol. The van der Waals surface area contributed by atoms with Crippen molar-refractivity contribution in [2.24, 2.45) is 0 Å². The molecule has 0 radical (unpaired) electrons. The van der Waals surface area contributed by atoms with Crippen molar-refractivity contribution in [2.75, 3.05) is 53.4 Å². The van der Waals surface area contributed by atoms with Crippen LogP contribution in [0.3, 0.4) is 0 Å². The highest BCUT2D eigenvalue weighted by Crippen LogP contribution is 2.11. The minimum Gasteiger partial charge on any atom is -0.304 e. The smallest absolute Gasteiger partial charge is 0.105 e. The van der Waals surface area contributed by atoms with Crippen molar-refractivity contribution >= 4 is 0 Å². The maximum atomic E-state index is 5.81. The summed E-state index contributed by atoms with van der Waals surface area (Å²) in [7, 11) is 4.29. The molecule has 0 spiro atoms. The Labute approximate surface area is 80.0 Å². The molecule has 13 heavy (non-hydrogen) atoms. The highest BCUT2D eigenvalue weighted by molar-refractivity contribution is 4.77. The van der Waals surface area contributed by atoms with Crippen LogP contribution in [-0.4, -0.2) is 74.3 Å². The Morgan fingerprint density at radius 1 is 0.923 bits per heavy atom. The summed E-state index contributed by atoms with van der Waals surface area (Å²) in [5.41, 5.74) is 0. The quantitative estimate of drug-likeness (QED) is 0.576. The summed E-state index contributed by atoms with van der Waals surface area (Å²) < 4.78 is 0. The Balaban J connectivity index is 1.65. The van der Waals surface area contributed by atoms with E-state index in [1.54, 1.807) is 0 Å². The number of piperazine rings is 1. The van der Waals surface area contributed by atoms with Gasteiger partial charge < -0.3 is 9.80 Å². The van der Waals surface area contributed by atoms with Crippen LogP contribution in [0.25, 0.3) is 0 Å². The first-order valence-corrected chi connectivity index (χ1v) is 5.03. The fraction of sp³-hybridized carbons (Fsp3) is 1.00. The predicted molar refractivity (Wildman–Crippen MR) is 51.4 cm³/mol. The largest absolute Gasteiger partial charge is 0.304 e. The Hall–Kier alpha value is -0.160. The number of hydrogen-bond acceptors (Lipinski definition) is 4. The Bertz CT molecular complexity index is 162.